The fourth-order valence-electron chi connectivity index (χ4n) is 3.44. The van der Waals surface area contributed by atoms with Crippen LogP contribution in [-0.2, 0) is 13.0 Å². The van der Waals surface area contributed by atoms with Crippen LogP contribution in [0.15, 0.2) is 6.33 Å². The van der Waals surface area contributed by atoms with Gasteiger partial charge < -0.3 is 5.32 Å². The number of hydrogen-bond donors (Lipinski definition) is 1. The van der Waals surface area contributed by atoms with Crippen LogP contribution in [0.3, 0.4) is 0 Å². The van der Waals surface area contributed by atoms with Crippen molar-refractivity contribution in [3.8, 4) is 0 Å². The zero-order valence-electron chi connectivity index (χ0n) is 10.9. The molecule has 1 N–H and O–H groups in total. The molecule has 0 amide bonds. The molecule has 2 aliphatic heterocycles. The van der Waals surface area contributed by atoms with Crippen LogP contribution >= 0.6 is 0 Å². The zero-order valence-corrected chi connectivity index (χ0v) is 10.9. The van der Waals surface area contributed by atoms with Gasteiger partial charge in [-0.15, -0.1) is 0 Å². The summed E-state index contributed by atoms with van der Waals surface area (Å²) >= 11 is 0. The van der Waals surface area contributed by atoms with E-state index in [0.717, 1.165) is 31.6 Å². The van der Waals surface area contributed by atoms with Gasteiger partial charge in [0.05, 0.1) is 0 Å². The maximum Gasteiger partial charge on any atom is 0.138 e. The van der Waals surface area contributed by atoms with E-state index in [-0.39, 0.29) is 0 Å². The second kappa shape index (κ2) is 4.61. The number of piperidine rings is 1. The molecule has 0 spiro atoms. The van der Waals surface area contributed by atoms with Crippen molar-refractivity contribution in [2.24, 2.45) is 0 Å². The molecule has 1 aromatic rings. The predicted octanol–water partition coefficient (Wildman–Crippen LogP) is 1.85. The van der Waals surface area contributed by atoms with Gasteiger partial charge in [0.25, 0.3) is 0 Å². The lowest BCUT2D eigenvalue weighted by Crippen LogP contribution is -2.47. The van der Waals surface area contributed by atoms with Crippen molar-refractivity contribution in [3.05, 3.63) is 12.2 Å². The van der Waals surface area contributed by atoms with Crippen molar-refractivity contribution in [3.63, 3.8) is 0 Å². The second-order valence-corrected chi connectivity index (χ2v) is 5.77. The lowest BCUT2D eigenvalue weighted by molar-refractivity contribution is 0.0858. The van der Waals surface area contributed by atoms with E-state index in [2.05, 4.69) is 22.3 Å². The van der Waals surface area contributed by atoms with Gasteiger partial charge in [-0.25, -0.2) is 14.1 Å². The van der Waals surface area contributed by atoms with Gasteiger partial charge in [-0.1, -0.05) is 6.92 Å². The molecule has 4 nitrogen and oxygen atoms in total. The maximum absolute atomic E-state index is 15.0. The smallest absolute Gasteiger partial charge is 0.138 e. The molecule has 0 aromatic carbocycles. The lowest BCUT2D eigenvalue weighted by atomic mass is 9.86. The number of nitrogens with one attached hydrogen (secondary N) is 1. The van der Waals surface area contributed by atoms with E-state index < -0.39 is 5.67 Å². The van der Waals surface area contributed by atoms with Crippen molar-refractivity contribution >= 4 is 0 Å². The maximum atomic E-state index is 15.0. The predicted molar refractivity (Wildman–Crippen MR) is 67.0 cm³/mol. The Morgan fingerprint density at radius 3 is 2.83 bits per heavy atom. The summed E-state index contributed by atoms with van der Waals surface area (Å²) in [5.41, 5.74) is -1.09. The van der Waals surface area contributed by atoms with Crippen LogP contribution in [0.2, 0.25) is 0 Å². The first-order chi connectivity index (χ1) is 8.68. The lowest BCUT2D eigenvalue weighted by Gasteiger charge is -2.34. The second-order valence-electron chi connectivity index (χ2n) is 5.77. The fourth-order valence-corrected chi connectivity index (χ4v) is 3.44. The Bertz CT molecular complexity index is 405. The number of alkyl halides is 1. The van der Waals surface area contributed by atoms with Crippen molar-refractivity contribution < 1.29 is 4.39 Å². The monoisotopic (exact) mass is 252 g/mol. The van der Waals surface area contributed by atoms with Gasteiger partial charge in [0, 0.05) is 25.0 Å². The van der Waals surface area contributed by atoms with Crippen molar-refractivity contribution in [2.75, 3.05) is 0 Å². The molecule has 2 fully saturated rings. The van der Waals surface area contributed by atoms with Crippen LogP contribution in [0.25, 0.3) is 0 Å². The highest BCUT2D eigenvalue weighted by Crippen LogP contribution is 2.38. The van der Waals surface area contributed by atoms with E-state index in [1.807, 2.05) is 4.68 Å². The van der Waals surface area contributed by atoms with Crippen LogP contribution in [0.4, 0.5) is 4.39 Å². The molecule has 2 atom stereocenters. The minimum atomic E-state index is -1.09. The SMILES string of the molecule is CCCn1ncnc1CC1(F)CC2CCC(C1)N2. The summed E-state index contributed by atoms with van der Waals surface area (Å²) in [5.74, 6) is 0.806. The van der Waals surface area contributed by atoms with E-state index in [4.69, 9.17) is 0 Å². The Balaban J connectivity index is 1.73. The highest BCUT2D eigenvalue weighted by molar-refractivity contribution is 5.05. The van der Waals surface area contributed by atoms with Gasteiger partial charge in [-0.2, -0.15) is 5.10 Å². The standard InChI is InChI=1S/C13H21FN4/c1-2-5-18-12(15-9-16-18)8-13(14)6-10-3-4-11(7-13)17-10/h9-11,17H,2-8H2,1H3. The van der Waals surface area contributed by atoms with E-state index in [1.165, 1.54) is 0 Å². The minimum Gasteiger partial charge on any atom is -0.311 e. The molecule has 100 valence electrons. The number of nitrogens with zero attached hydrogens (tertiary/aromatic N) is 3. The van der Waals surface area contributed by atoms with Crippen LogP contribution < -0.4 is 5.32 Å². The van der Waals surface area contributed by atoms with Crippen molar-refractivity contribution in [1.82, 2.24) is 20.1 Å². The van der Waals surface area contributed by atoms with Crippen molar-refractivity contribution in [1.29, 1.82) is 0 Å². The molecule has 18 heavy (non-hydrogen) atoms. The van der Waals surface area contributed by atoms with Gasteiger partial charge in [0.15, 0.2) is 0 Å². The number of fused-ring (bicyclic) bond motifs is 2. The van der Waals surface area contributed by atoms with Crippen LogP contribution in [0.5, 0.6) is 0 Å². The van der Waals surface area contributed by atoms with Gasteiger partial charge in [0.1, 0.15) is 17.8 Å². The summed E-state index contributed by atoms with van der Waals surface area (Å²) in [6, 6.07) is 0.743. The van der Waals surface area contributed by atoms with Gasteiger partial charge >= 0.3 is 0 Å². The first-order valence-corrected chi connectivity index (χ1v) is 7.00. The minimum absolute atomic E-state index is 0.372. The first kappa shape index (κ1) is 12.1. The Kier molecular flexibility index (Phi) is 3.09. The highest BCUT2D eigenvalue weighted by atomic mass is 19.1. The molecule has 2 aliphatic rings. The molecule has 2 unspecified atom stereocenters. The quantitative estimate of drug-likeness (QED) is 0.889. The third kappa shape index (κ3) is 2.28. The summed E-state index contributed by atoms with van der Waals surface area (Å²) in [7, 11) is 0. The molecule has 5 heteroatoms. The fraction of sp³-hybridized carbons (Fsp3) is 0.846. The number of aryl methyl sites for hydroxylation is 1. The zero-order chi connectivity index (χ0) is 12.6. The molecule has 2 bridgehead atoms. The molecule has 3 rings (SSSR count). The van der Waals surface area contributed by atoms with Crippen LogP contribution in [0, 0.1) is 0 Å². The Labute approximate surface area is 107 Å². The largest absolute Gasteiger partial charge is 0.311 e. The van der Waals surface area contributed by atoms with E-state index in [1.54, 1.807) is 6.33 Å². The summed E-state index contributed by atoms with van der Waals surface area (Å²) < 4.78 is 16.8. The Hall–Kier alpha value is -0.970. The molecule has 2 saturated heterocycles. The van der Waals surface area contributed by atoms with E-state index in [0.29, 0.717) is 31.3 Å². The van der Waals surface area contributed by atoms with Crippen molar-refractivity contribution in [2.45, 2.75) is 69.7 Å². The summed E-state index contributed by atoms with van der Waals surface area (Å²) in [4.78, 5) is 4.24. The topological polar surface area (TPSA) is 42.7 Å². The van der Waals surface area contributed by atoms with Gasteiger partial charge in [-0.05, 0) is 32.1 Å². The Morgan fingerprint density at radius 1 is 1.44 bits per heavy atom. The first-order valence-electron chi connectivity index (χ1n) is 7.00. The molecule has 3 heterocycles. The van der Waals surface area contributed by atoms with Crippen LogP contribution in [-0.4, -0.2) is 32.5 Å². The van der Waals surface area contributed by atoms with E-state index in [9.17, 15) is 4.39 Å². The third-order valence-electron chi connectivity index (χ3n) is 4.17. The van der Waals surface area contributed by atoms with Crippen LogP contribution in [0.1, 0.15) is 44.9 Å². The average molecular weight is 252 g/mol. The van der Waals surface area contributed by atoms with E-state index >= 15 is 0 Å². The summed E-state index contributed by atoms with van der Waals surface area (Å²) in [5, 5.41) is 7.66. The summed E-state index contributed by atoms with van der Waals surface area (Å²) in [6.07, 6.45) is 6.47. The molecule has 0 aliphatic carbocycles. The molecule has 1 aromatic heterocycles. The van der Waals surface area contributed by atoms with Gasteiger partial charge in [-0.3, -0.25) is 0 Å². The molecular formula is C13H21FN4. The number of aromatic nitrogens is 3. The average Bonchev–Trinajstić information content (AvgIpc) is 2.87. The number of hydrogen-bond acceptors (Lipinski definition) is 3. The summed E-state index contributed by atoms with van der Waals surface area (Å²) in [6.45, 7) is 2.93. The molecule has 0 saturated carbocycles. The third-order valence-corrected chi connectivity index (χ3v) is 4.17. The van der Waals surface area contributed by atoms with Gasteiger partial charge in [0.2, 0.25) is 0 Å². The Morgan fingerprint density at radius 2 is 2.17 bits per heavy atom. The molecule has 0 radical (unpaired) electrons. The molecular weight excluding hydrogens is 231 g/mol. The highest BCUT2D eigenvalue weighted by Gasteiger charge is 2.44. The number of halogens is 1. The number of rotatable bonds is 4. The normalized spacial score (nSPS) is 35.0.